The second-order valence-electron chi connectivity index (χ2n) is 5.99. The fourth-order valence-electron chi connectivity index (χ4n) is 3.37. The van der Waals surface area contributed by atoms with Crippen molar-refractivity contribution in [3.63, 3.8) is 0 Å². The van der Waals surface area contributed by atoms with Crippen LogP contribution in [0.1, 0.15) is 52.4 Å². The Labute approximate surface area is 92.6 Å². The summed E-state index contributed by atoms with van der Waals surface area (Å²) < 4.78 is 0. The minimum atomic E-state index is -0.429. The number of nitrogens with two attached hydrogens (primary N) is 1. The van der Waals surface area contributed by atoms with E-state index in [1.165, 1.54) is 6.42 Å². The van der Waals surface area contributed by atoms with E-state index in [0.717, 1.165) is 32.1 Å². The minimum absolute atomic E-state index is 0.258. The number of Topliss-reactive ketones (excluding diaryl/α,β-unsaturated/α-hetero) is 1. The Kier molecular flexibility index (Phi) is 2.89. The molecule has 0 spiro atoms. The van der Waals surface area contributed by atoms with Crippen molar-refractivity contribution >= 4 is 5.78 Å². The van der Waals surface area contributed by atoms with E-state index in [-0.39, 0.29) is 5.92 Å². The summed E-state index contributed by atoms with van der Waals surface area (Å²) in [6.07, 6.45) is 6.40. The van der Waals surface area contributed by atoms with Gasteiger partial charge in [-0.25, -0.2) is 0 Å². The molecule has 2 saturated carbocycles. The molecule has 2 aliphatic rings. The Morgan fingerprint density at radius 2 is 1.67 bits per heavy atom. The third kappa shape index (κ3) is 2.10. The van der Waals surface area contributed by atoms with Crippen molar-refractivity contribution in [2.45, 2.75) is 57.9 Å². The van der Waals surface area contributed by atoms with Crippen LogP contribution in [0.3, 0.4) is 0 Å². The van der Waals surface area contributed by atoms with E-state index in [1.807, 2.05) is 0 Å². The van der Waals surface area contributed by atoms with Crippen molar-refractivity contribution in [3.05, 3.63) is 0 Å². The second kappa shape index (κ2) is 3.89. The SMILES string of the molecule is CC1CC(C)CC(C(=O)C2(N)CCC2)C1. The average Bonchev–Trinajstić information content (AvgIpc) is 2.11. The van der Waals surface area contributed by atoms with Crippen molar-refractivity contribution < 1.29 is 4.79 Å². The van der Waals surface area contributed by atoms with Gasteiger partial charge in [0.05, 0.1) is 5.54 Å². The van der Waals surface area contributed by atoms with Crippen LogP contribution in [0.2, 0.25) is 0 Å². The zero-order chi connectivity index (χ0) is 11.1. The molecule has 2 rings (SSSR count). The van der Waals surface area contributed by atoms with Gasteiger partial charge in [-0.05, 0) is 50.4 Å². The van der Waals surface area contributed by atoms with Gasteiger partial charge in [0.15, 0.2) is 5.78 Å². The summed E-state index contributed by atoms with van der Waals surface area (Å²) in [6, 6.07) is 0. The highest BCUT2D eigenvalue weighted by molar-refractivity contribution is 5.91. The number of carbonyl (C=O) groups is 1. The maximum Gasteiger partial charge on any atom is 0.155 e. The van der Waals surface area contributed by atoms with Crippen LogP contribution >= 0.6 is 0 Å². The smallest absolute Gasteiger partial charge is 0.155 e. The standard InChI is InChI=1S/C13H23NO/c1-9-6-10(2)8-11(7-9)12(15)13(14)4-3-5-13/h9-11H,3-8,14H2,1-2H3. The Balaban J connectivity index is 2.00. The van der Waals surface area contributed by atoms with Crippen molar-refractivity contribution in [2.24, 2.45) is 23.5 Å². The topological polar surface area (TPSA) is 43.1 Å². The van der Waals surface area contributed by atoms with Gasteiger partial charge < -0.3 is 5.73 Å². The Hall–Kier alpha value is -0.370. The molecule has 0 radical (unpaired) electrons. The highest BCUT2D eigenvalue weighted by Gasteiger charge is 2.44. The monoisotopic (exact) mass is 209 g/mol. The Bertz CT molecular complexity index is 247. The molecule has 0 heterocycles. The molecule has 86 valence electrons. The van der Waals surface area contributed by atoms with Crippen LogP contribution in [0.25, 0.3) is 0 Å². The first kappa shape index (κ1) is 11.1. The van der Waals surface area contributed by atoms with Crippen LogP contribution in [-0.4, -0.2) is 11.3 Å². The summed E-state index contributed by atoms with van der Waals surface area (Å²) in [4.78, 5) is 12.3. The molecule has 0 aliphatic heterocycles. The summed E-state index contributed by atoms with van der Waals surface area (Å²) in [6.45, 7) is 4.53. The third-order valence-corrected chi connectivity index (χ3v) is 4.29. The molecular weight excluding hydrogens is 186 g/mol. The van der Waals surface area contributed by atoms with Gasteiger partial charge in [0.25, 0.3) is 0 Å². The van der Waals surface area contributed by atoms with Gasteiger partial charge in [0.2, 0.25) is 0 Å². The lowest BCUT2D eigenvalue weighted by Crippen LogP contribution is -2.56. The summed E-state index contributed by atoms with van der Waals surface area (Å²) >= 11 is 0. The van der Waals surface area contributed by atoms with E-state index >= 15 is 0 Å². The average molecular weight is 209 g/mol. The van der Waals surface area contributed by atoms with Crippen molar-refractivity contribution in [3.8, 4) is 0 Å². The summed E-state index contributed by atoms with van der Waals surface area (Å²) in [5.41, 5.74) is 5.69. The fourth-order valence-corrected chi connectivity index (χ4v) is 3.37. The maximum atomic E-state index is 12.3. The van der Waals surface area contributed by atoms with Crippen molar-refractivity contribution in [2.75, 3.05) is 0 Å². The molecule has 0 saturated heterocycles. The number of rotatable bonds is 2. The van der Waals surface area contributed by atoms with Crippen molar-refractivity contribution in [1.82, 2.24) is 0 Å². The summed E-state index contributed by atoms with van der Waals surface area (Å²) in [5.74, 6) is 2.03. The molecule has 0 aromatic heterocycles. The Morgan fingerprint density at radius 1 is 1.13 bits per heavy atom. The van der Waals surface area contributed by atoms with Gasteiger partial charge in [-0.3, -0.25) is 4.79 Å². The molecule has 2 heteroatoms. The quantitative estimate of drug-likeness (QED) is 0.759. The molecule has 2 unspecified atom stereocenters. The third-order valence-electron chi connectivity index (χ3n) is 4.29. The first-order valence-electron chi connectivity index (χ1n) is 6.34. The first-order chi connectivity index (χ1) is 7.01. The van der Waals surface area contributed by atoms with E-state index in [9.17, 15) is 4.79 Å². The summed E-state index contributed by atoms with van der Waals surface area (Å²) in [5, 5.41) is 0. The largest absolute Gasteiger partial charge is 0.319 e. The van der Waals surface area contributed by atoms with Gasteiger partial charge >= 0.3 is 0 Å². The molecule has 0 aromatic rings. The van der Waals surface area contributed by atoms with Crippen LogP contribution in [0.15, 0.2) is 0 Å². The predicted molar refractivity (Wildman–Crippen MR) is 61.4 cm³/mol. The van der Waals surface area contributed by atoms with Crippen LogP contribution < -0.4 is 5.73 Å². The van der Waals surface area contributed by atoms with E-state index in [0.29, 0.717) is 17.6 Å². The zero-order valence-electron chi connectivity index (χ0n) is 9.96. The van der Waals surface area contributed by atoms with E-state index < -0.39 is 5.54 Å². The minimum Gasteiger partial charge on any atom is -0.319 e. The molecule has 0 amide bonds. The van der Waals surface area contributed by atoms with E-state index in [4.69, 9.17) is 5.73 Å². The maximum absolute atomic E-state index is 12.3. The van der Waals surface area contributed by atoms with Gasteiger partial charge in [0, 0.05) is 5.92 Å². The Morgan fingerprint density at radius 3 is 2.07 bits per heavy atom. The molecule has 15 heavy (non-hydrogen) atoms. The second-order valence-corrected chi connectivity index (χ2v) is 5.99. The van der Waals surface area contributed by atoms with E-state index in [2.05, 4.69) is 13.8 Å². The van der Waals surface area contributed by atoms with Crippen LogP contribution in [0.4, 0.5) is 0 Å². The molecule has 0 bridgehead atoms. The van der Waals surface area contributed by atoms with Gasteiger partial charge in [-0.15, -0.1) is 0 Å². The molecule has 2 nitrogen and oxygen atoms in total. The number of carbonyl (C=O) groups excluding carboxylic acids is 1. The highest BCUT2D eigenvalue weighted by atomic mass is 16.1. The fraction of sp³-hybridized carbons (Fsp3) is 0.923. The van der Waals surface area contributed by atoms with Crippen LogP contribution in [-0.2, 0) is 4.79 Å². The number of ketones is 1. The lowest BCUT2D eigenvalue weighted by atomic mass is 9.65. The van der Waals surface area contributed by atoms with Gasteiger partial charge in [0.1, 0.15) is 0 Å². The molecule has 2 atom stereocenters. The highest BCUT2D eigenvalue weighted by Crippen LogP contribution is 2.39. The first-order valence-corrected chi connectivity index (χ1v) is 6.34. The normalized spacial score (nSPS) is 39.5. The molecule has 2 fully saturated rings. The predicted octanol–water partition coefficient (Wildman–Crippen LogP) is 2.51. The number of hydrogen-bond acceptors (Lipinski definition) is 2. The van der Waals surface area contributed by atoms with Crippen molar-refractivity contribution in [1.29, 1.82) is 0 Å². The van der Waals surface area contributed by atoms with E-state index in [1.54, 1.807) is 0 Å². The molecule has 2 aliphatic carbocycles. The molecule has 2 N–H and O–H groups in total. The lowest BCUT2D eigenvalue weighted by molar-refractivity contribution is -0.133. The van der Waals surface area contributed by atoms with Crippen LogP contribution in [0.5, 0.6) is 0 Å². The summed E-state index contributed by atoms with van der Waals surface area (Å²) in [7, 11) is 0. The zero-order valence-corrected chi connectivity index (χ0v) is 9.96. The van der Waals surface area contributed by atoms with Crippen LogP contribution in [0, 0.1) is 17.8 Å². The molecule has 0 aromatic carbocycles. The van der Waals surface area contributed by atoms with Gasteiger partial charge in [-0.2, -0.15) is 0 Å². The number of hydrogen-bond donors (Lipinski definition) is 1. The van der Waals surface area contributed by atoms with Gasteiger partial charge in [-0.1, -0.05) is 13.8 Å². The lowest BCUT2D eigenvalue weighted by Gasteiger charge is -2.41. The molecular formula is C13H23NO.